The molecule has 1 saturated heterocycles. The molecule has 8 heteroatoms. The first kappa shape index (κ1) is 34.1. The van der Waals surface area contributed by atoms with Gasteiger partial charge < -0.3 is 34.6 Å². The Hall–Kier alpha value is -1.29. The van der Waals surface area contributed by atoms with E-state index < -0.39 is 30.7 Å². The summed E-state index contributed by atoms with van der Waals surface area (Å²) in [4.78, 5) is 12.5. The average molecular weight is 619 g/mol. The molecule has 1 aliphatic heterocycles. The first-order chi connectivity index (χ1) is 20.6. The monoisotopic (exact) mass is 618 g/mol. The molecule has 0 spiro atoms. The zero-order valence-corrected chi connectivity index (χ0v) is 27.9. The third kappa shape index (κ3) is 5.97. The molecule has 0 aromatic heterocycles. The van der Waals surface area contributed by atoms with Gasteiger partial charge in [0.15, 0.2) is 6.29 Å². The molecule has 0 aromatic rings. The van der Waals surface area contributed by atoms with E-state index in [9.17, 15) is 25.2 Å². The van der Waals surface area contributed by atoms with Crippen LogP contribution in [0.1, 0.15) is 99.8 Å². The summed E-state index contributed by atoms with van der Waals surface area (Å²) in [5, 5.41) is 42.6. The van der Waals surface area contributed by atoms with Crippen molar-refractivity contribution in [3.05, 3.63) is 23.8 Å². The van der Waals surface area contributed by atoms with Crippen LogP contribution in [-0.2, 0) is 19.0 Å². The summed E-state index contributed by atoms with van der Waals surface area (Å²) < 4.78 is 18.1. The molecular formula is C36H58O8. The summed E-state index contributed by atoms with van der Waals surface area (Å²) in [6, 6.07) is 0. The van der Waals surface area contributed by atoms with Gasteiger partial charge in [-0.2, -0.15) is 0 Å². The van der Waals surface area contributed by atoms with Crippen LogP contribution in [0.5, 0.6) is 0 Å². The molecule has 3 saturated carbocycles. The van der Waals surface area contributed by atoms with E-state index in [4.69, 9.17) is 14.2 Å². The third-order valence-electron chi connectivity index (χ3n) is 13.0. The van der Waals surface area contributed by atoms with E-state index in [1.54, 1.807) is 6.92 Å². The van der Waals surface area contributed by atoms with Crippen LogP contribution in [0.15, 0.2) is 23.8 Å². The zero-order chi connectivity index (χ0) is 32.3. The number of ether oxygens (including phenoxy) is 3. The molecule has 4 fully saturated rings. The first-order valence-corrected chi connectivity index (χ1v) is 17.2. The Labute approximate surface area is 264 Å². The fourth-order valence-electron chi connectivity index (χ4n) is 10.3. The van der Waals surface area contributed by atoms with Gasteiger partial charge in [-0.1, -0.05) is 52.3 Å². The van der Waals surface area contributed by atoms with Gasteiger partial charge in [-0.15, -0.1) is 0 Å². The molecule has 4 N–H and O–H groups in total. The van der Waals surface area contributed by atoms with Gasteiger partial charge in [-0.05, 0) is 105 Å². The fourth-order valence-corrected chi connectivity index (χ4v) is 10.3. The summed E-state index contributed by atoms with van der Waals surface area (Å²) in [5.74, 6) is 1.46. The van der Waals surface area contributed by atoms with Crippen molar-refractivity contribution in [2.45, 2.75) is 149 Å². The van der Waals surface area contributed by atoms with Crippen molar-refractivity contribution in [1.82, 2.24) is 0 Å². The van der Waals surface area contributed by atoms with Crippen LogP contribution in [0.3, 0.4) is 0 Å². The molecule has 0 aromatic carbocycles. The summed E-state index contributed by atoms with van der Waals surface area (Å²) in [6.07, 6.45) is 2.81. The lowest BCUT2D eigenvalue weighted by atomic mass is 9.46. The Bertz CT molecular complexity index is 1100. The summed E-state index contributed by atoms with van der Waals surface area (Å²) in [7, 11) is 0. The maximum absolute atomic E-state index is 12.5. The second-order valence-electron chi connectivity index (χ2n) is 15.9. The quantitative estimate of drug-likeness (QED) is 0.223. The van der Waals surface area contributed by atoms with E-state index in [-0.39, 0.29) is 52.9 Å². The minimum absolute atomic E-state index is 0.0316. The van der Waals surface area contributed by atoms with Crippen LogP contribution in [0.4, 0.5) is 0 Å². The highest BCUT2D eigenvalue weighted by atomic mass is 16.7. The van der Waals surface area contributed by atoms with E-state index in [2.05, 4.69) is 47.3 Å². The van der Waals surface area contributed by atoms with Gasteiger partial charge in [-0.25, -0.2) is 0 Å². The standard InChI is InChI=1S/C36H58O8/c1-18(2)19(3)9-10-20(4)30-27(38)17-26-29-25(12-14-36(26,30)8)35(7)13-11-24(15-23(35)16-28(29)43-22(6)37)44-34-33(41)32(40)31(39)21(5)42-34/h16,18,20-21,24-34,38-41H,3,9-15,17H2,1-2,4-8H3/t20-,21+,24+,25?,26?,27+,28+,29?,30+,31-,32-,33+,34+,35+,36+/m1/s1. The van der Waals surface area contributed by atoms with Gasteiger partial charge in [0.25, 0.3) is 0 Å². The summed E-state index contributed by atoms with van der Waals surface area (Å²) in [5.41, 5.74) is 2.38. The lowest BCUT2D eigenvalue weighted by Crippen LogP contribution is -2.58. The van der Waals surface area contributed by atoms with Gasteiger partial charge >= 0.3 is 5.97 Å². The van der Waals surface area contributed by atoms with Gasteiger partial charge in [-0.3, -0.25) is 4.79 Å². The van der Waals surface area contributed by atoms with Crippen LogP contribution in [-0.4, -0.2) is 75.4 Å². The fraction of sp³-hybridized carbons (Fsp3) is 0.861. The minimum Gasteiger partial charge on any atom is -0.458 e. The van der Waals surface area contributed by atoms with Crippen molar-refractivity contribution in [2.24, 2.45) is 46.3 Å². The third-order valence-corrected chi connectivity index (χ3v) is 13.0. The Morgan fingerprint density at radius 1 is 1.07 bits per heavy atom. The molecule has 15 atom stereocenters. The number of fused-ring (bicyclic) bond motifs is 5. The van der Waals surface area contributed by atoms with Gasteiger partial charge in [0, 0.05) is 12.8 Å². The van der Waals surface area contributed by atoms with E-state index in [1.165, 1.54) is 18.1 Å². The maximum Gasteiger partial charge on any atom is 0.303 e. The number of aliphatic hydroxyl groups is 4. The first-order valence-electron chi connectivity index (χ1n) is 17.2. The lowest BCUT2D eigenvalue weighted by molar-refractivity contribution is -0.306. The molecule has 4 aliphatic carbocycles. The van der Waals surface area contributed by atoms with Crippen LogP contribution in [0, 0.1) is 46.3 Å². The second kappa shape index (κ2) is 12.7. The molecule has 1 heterocycles. The molecular weight excluding hydrogens is 560 g/mol. The van der Waals surface area contributed by atoms with E-state index in [1.807, 2.05) is 0 Å². The molecule has 0 amide bonds. The number of hydrogen-bond acceptors (Lipinski definition) is 8. The minimum atomic E-state index is -1.34. The van der Waals surface area contributed by atoms with Gasteiger partial charge in [0.1, 0.15) is 24.4 Å². The number of aliphatic hydroxyl groups excluding tert-OH is 4. The Morgan fingerprint density at radius 2 is 1.77 bits per heavy atom. The molecule has 8 nitrogen and oxygen atoms in total. The van der Waals surface area contributed by atoms with Crippen LogP contribution < -0.4 is 0 Å². The molecule has 0 radical (unpaired) electrons. The number of carbonyl (C=O) groups is 1. The molecule has 3 unspecified atom stereocenters. The van der Waals surface area contributed by atoms with Crippen LogP contribution in [0.2, 0.25) is 0 Å². The van der Waals surface area contributed by atoms with E-state index >= 15 is 0 Å². The van der Waals surface area contributed by atoms with Crippen molar-refractivity contribution in [3.8, 4) is 0 Å². The van der Waals surface area contributed by atoms with Crippen molar-refractivity contribution < 1.29 is 39.4 Å². The molecule has 5 rings (SSSR count). The maximum atomic E-state index is 12.5. The highest BCUT2D eigenvalue weighted by Gasteiger charge is 2.64. The van der Waals surface area contributed by atoms with Crippen LogP contribution >= 0.6 is 0 Å². The van der Waals surface area contributed by atoms with E-state index in [0.717, 1.165) is 44.9 Å². The molecule has 250 valence electrons. The van der Waals surface area contributed by atoms with Gasteiger partial charge in [0.2, 0.25) is 0 Å². The Kier molecular flexibility index (Phi) is 9.85. The summed E-state index contributed by atoms with van der Waals surface area (Å²) in [6.45, 7) is 18.9. The number of allylic oxidation sites excluding steroid dienone is 1. The molecule has 44 heavy (non-hydrogen) atoms. The van der Waals surface area contributed by atoms with Crippen molar-refractivity contribution in [2.75, 3.05) is 0 Å². The average Bonchev–Trinajstić information content (AvgIpc) is 3.23. The number of carbonyl (C=O) groups excluding carboxylic acids is 1. The second-order valence-corrected chi connectivity index (χ2v) is 15.9. The predicted octanol–water partition coefficient (Wildman–Crippen LogP) is 4.92. The van der Waals surface area contributed by atoms with Crippen molar-refractivity contribution in [1.29, 1.82) is 0 Å². The highest BCUT2D eigenvalue weighted by Crippen LogP contribution is 2.67. The highest BCUT2D eigenvalue weighted by molar-refractivity contribution is 5.66. The largest absolute Gasteiger partial charge is 0.458 e. The smallest absolute Gasteiger partial charge is 0.303 e. The van der Waals surface area contributed by atoms with Crippen molar-refractivity contribution in [3.63, 3.8) is 0 Å². The molecule has 0 bridgehead atoms. The topological polar surface area (TPSA) is 126 Å². The van der Waals surface area contributed by atoms with Gasteiger partial charge in [0.05, 0.1) is 18.3 Å². The lowest BCUT2D eigenvalue weighted by Gasteiger charge is -2.60. The normalized spacial score (nSPS) is 47.7. The van der Waals surface area contributed by atoms with Crippen LogP contribution in [0.25, 0.3) is 0 Å². The SMILES string of the molecule is C=C(CC[C@@H](C)[C@H]1[C@@H](O)CC2C3C(CC[C@@]21C)[C@@]1(C)CC[C@H](O[C@@H]2O[C@@H](C)[C@@H](O)[C@@H](O)[C@@H]2O)CC1=C[C@@H]3OC(C)=O)C(C)C. The Balaban J connectivity index is 1.38. The summed E-state index contributed by atoms with van der Waals surface area (Å²) >= 11 is 0. The van der Waals surface area contributed by atoms with Crippen molar-refractivity contribution >= 4 is 5.97 Å². The number of esters is 1. The Morgan fingerprint density at radius 3 is 2.43 bits per heavy atom. The van der Waals surface area contributed by atoms with E-state index in [0.29, 0.717) is 24.2 Å². The molecule has 5 aliphatic rings. The number of hydrogen-bond donors (Lipinski definition) is 4. The number of rotatable bonds is 8. The zero-order valence-electron chi connectivity index (χ0n) is 27.9. The predicted molar refractivity (Wildman–Crippen MR) is 167 cm³/mol.